The van der Waals surface area contributed by atoms with Gasteiger partial charge in [-0.05, 0) is 37.2 Å². The summed E-state index contributed by atoms with van der Waals surface area (Å²) in [5.74, 6) is 0.712. The minimum atomic E-state index is -0.234. The number of para-hydroxylation sites is 1. The summed E-state index contributed by atoms with van der Waals surface area (Å²) in [5.41, 5.74) is 1.22. The largest absolute Gasteiger partial charge is 0.490 e. The average molecular weight is 304 g/mol. The molecule has 1 aliphatic rings. The van der Waals surface area contributed by atoms with E-state index in [0.29, 0.717) is 22.8 Å². The summed E-state index contributed by atoms with van der Waals surface area (Å²) < 4.78 is 11.7. The van der Waals surface area contributed by atoms with Gasteiger partial charge in [0.25, 0.3) is 5.56 Å². The van der Waals surface area contributed by atoms with E-state index in [1.807, 2.05) is 24.3 Å². The molecule has 1 aromatic carbocycles. The lowest BCUT2D eigenvalue weighted by molar-refractivity contribution is 0.0681. The topological polar surface area (TPSA) is 67.1 Å². The molecule has 0 bridgehead atoms. The Bertz CT molecular complexity index is 704. The molecule has 1 aliphatic heterocycles. The van der Waals surface area contributed by atoms with E-state index in [4.69, 9.17) is 21.7 Å². The molecule has 110 valence electrons. The fraction of sp³-hybridized carbons (Fsp3) is 0.333. The van der Waals surface area contributed by atoms with Crippen molar-refractivity contribution >= 4 is 12.2 Å². The standard InChI is InChI=1S/C15H16N2O3S/c18-14-8-12(16-15(21)17-14)11-5-1-2-6-13(11)20-9-10-4-3-7-19-10/h1-2,5-6,8,10H,3-4,7,9H2,(H2,16,17,18,21). The summed E-state index contributed by atoms with van der Waals surface area (Å²) in [6.07, 6.45) is 2.25. The molecule has 1 fully saturated rings. The first-order valence-electron chi connectivity index (χ1n) is 6.90. The Morgan fingerprint density at radius 2 is 2.19 bits per heavy atom. The first-order valence-corrected chi connectivity index (χ1v) is 7.30. The molecule has 0 spiro atoms. The third kappa shape index (κ3) is 3.40. The van der Waals surface area contributed by atoms with Crippen LogP contribution >= 0.6 is 12.2 Å². The molecule has 1 saturated heterocycles. The third-order valence-electron chi connectivity index (χ3n) is 3.39. The molecule has 3 rings (SSSR count). The molecule has 0 radical (unpaired) electrons. The second kappa shape index (κ2) is 6.24. The maximum Gasteiger partial charge on any atom is 0.252 e. The number of nitrogens with one attached hydrogen (secondary N) is 2. The van der Waals surface area contributed by atoms with Crippen LogP contribution < -0.4 is 10.3 Å². The number of benzene rings is 1. The fourth-order valence-corrected chi connectivity index (χ4v) is 2.60. The van der Waals surface area contributed by atoms with Crippen molar-refractivity contribution in [2.75, 3.05) is 13.2 Å². The van der Waals surface area contributed by atoms with Crippen molar-refractivity contribution in [1.82, 2.24) is 9.97 Å². The van der Waals surface area contributed by atoms with Gasteiger partial charge in [-0.15, -0.1) is 0 Å². The molecule has 0 amide bonds. The van der Waals surface area contributed by atoms with Crippen molar-refractivity contribution in [3.8, 4) is 17.0 Å². The average Bonchev–Trinajstić information content (AvgIpc) is 2.98. The number of hydrogen-bond donors (Lipinski definition) is 2. The Morgan fingerprint density at radius 1 is 1.33 bits per heavy atom. The molecule has 6 heteroatoms. The molecule has 21 heavy (non-hydrogen) atoms. The molecule has 1 atom stereocenters. The molecule has 5 nitrogen and oxygen atoms in total. The SMILES string of the molecule is O=c1cc(-c2ccccc2OCC2CCCO2)[nH]c(=S)[nH]1. The first-order chi connectivity index (χ1) is 10.2. The number of aromatic amines is 2. The second-order valence-corrected chi connectivity index (χ2v) is 5.35. The number of hydrogen-bond acceptors (Lipinski definition) is 4. The van der Waals surface area contributed by atoms with Gasteiger partial charge < -0.3 is 14.5 Å². The molecule has 0 aliphatic carbocycles. The van der Waals surface area contributed by atoms with E-state index < -0.39 is 0 Å². The number of aromatic nitrogens is 2. The van der Waals surface area contributed by atoms with E-state index in [2.05, 4.69) is 9.97 Å². The van der Waals surface area contributed by atoms with Crippen LogP contribution in [0.15, 0.2) is 35.1 Å². The van der Waals surface area contributed by atoms with Crippen LogP contribution in [0.25, 0.3) is 11.3 Å². The smallest absolute Gasteiger partial charge is 0.252 e. The van der Waals surface area contributed by atoms with E-state index in [1.165, 1.54) is 6.07 Å². The molecular weight excluding hydrogens is 288 g/mol. The van der Waals surface area contributed by atoms with Crippen molar-refractivity contribution in [2.45, 2.75) is 18.9 Å². The summed E-state index contributed by atoms with van der Waals surface area (Å²) in [7, 11) is 0. The normalized spacial score (nSPS) is 17.8. The predicted molar refractivity (Wildman–Crippen MR) is 82.2 cm³/mol. The molecular formula is C15H16N2O3S. The third-order valence-corrected chi connectivity index (χ3v) is 3.59. The number of H-pyrrole nitrogens is 2. The van der Waals surface area contributed by atoms with Gasteiger partial charge in [-0.3, -0.25) is 9.78 Å². The van der Waals surface area contributed by atoms with Crippen molar-refractivity contribution < 1.29 is 9.47 Å². The molecule has 1 unspecified atom stereocenters. The number of ether oxygens (including phenoxy) is 2. The molecule has 0 saturated carbocycles. The van der Waals surface area contributed by atoms with Gasteiger partial charge in [-0.1, -0.05) is 12.1 Å². The van der Waals surface area contributed by atoms with Crippen LogP contribution in [0.5, 0.6) is 5.75 Å². The van der Waals surface area contributed by atoms with Crippen LogP contribution in [-0.2, 0) is 4.74 Å². The lowest BCUT2D eigenvalue weighted by atomic mass is 10.1. The van der Waals surface area contributed by atoms with Crippen molar-refractivity contribution in [2.24, 2.45) is 0 Å². The molecule has 2 heterocycles. The Hall–Kier alpha value is -1.92. The Labute approximate surface area is 126 Å². The molecule has 2 N–H and O–H groups in total. The summed E-state index contributed by atoms with van der Waals surface area (Å²) in [6, 6.07) is 9.04. The molecule has 1 aromatic heterocycles. The van der Waals surface area contributed by atoms with E-state index >= 15 is 0 Å². The maximum atomic E-state index is 11.6. The van der Waals surface area contributed by atoms with Crippen LogP contribution in [0.4, 0.5) is 0 Å². The Balaban J connectivity index is 1.87. The van der Waals surface area contributed by atoms with Crippen molar-refractivity contribution in [3.63, 3.8) is 0 Å². The van der Waals surface area contributed by atoms with Gasteiger partial charge in [0.1, 0.15) is 12.4 Å². The van der Waals surface area contributed by atoms with Gasteiger partial charge in [-0.2, -0.15) is 0 Å². The van der Waals surface area contributed by atoms with Crippen LogP contribution in [0.2, 0.25) is 0 Å². The van der Waals surface area contributed by atoms with Gasteiger partial charge in [0.2, 0.25) is 0 Å². The quantitative estimate of drug-likeness (QED) is 0.852. The van der Waals surface area contributed by atoms with Crippen LogP contribution in [-0.4, -0.2) is 29.3 Å². The predicted octanol–water partition coefficient (Wildman–Crippen LogP) is 2.66. The fourth-order valence-electron chi connectivity index (χ4n) is 2.39. The van der Waals surface area contributed by atoms with Crippen LogP contribution in [0.3, 0.4) is 0 Å². The second-order valence-electron chi connectivity index (χ2n) is 4.94. The Kier molecular flexibility index (Phi) is 4.17. The minimum absolute atomic E-state index is 0.149. The summed E-state index contributed by atoms with van der Waals surface area (Å²) in [6.45, 7) is 1.32. The number of rotatable bonds is 4. The summed E-state index contributed by atoms with van der Waals surface area (Å²) in [5, 5.41) is 0. The monoisotopic (exact) mass is 304 g/mol. The lowest BCUT2D eigenvalue weighted by Gasteiger charge is -2.14. The first kappa shape index (κ1) is 14.0. The zero-order valence-electron chi connectivity index (χ0n) is 11.4. The van der Waals surface area contributed by atoms with Gasteiger partial charge in [0, 0.05) is 18.2 Å². The van der Waals surface area contributed by atoms with Gasteiger partial charge in [0.05, 0.1) is 11.8 Å². The molecule has 2 aromatic rings. The Morgan fingerprint density at radius 3 is 2.95 bits per heavy atom. The van der Waals surface area contributed by atoms with Gasteiger partial charge >= 0.3 is 0 Å². The zero-order valence-corrected chi connectivity index (χ0v) is 12.2. The highest BCUT2D eigenvalue weighted by atomic mass is 32.1. The highest BCUT2D eigenvalue weighted by molar-refractivity contribution is 7.71. The van der Waals surface area contributed by atoms with Gasteiger partial charge in [-0.25, -0.2) is 0 Å². The zero-order chi connectivity index (χ0) is 14.7. The van der Waals surface area contributed by atoms with Crippen LogP contribution in [0.1, 0.15) is 12.8 Å². The summed E-state index contributed by atoms with van der Waals surface area (Å²) in [4.78, 5) is 17.1. The highest BCUT2D eigenvalue weighted by Gasteiger charge is 2.17. The lowest BCUT2D eigenvalue weighted by Crippen LogP contribution is -2.16. The highest BCUT2D eigenvalue weighted by Crippen LogP contribution is 2.28. The minimum Gasteiger partial charge on any atom is -0.490 e. The van der Waals surface area contributed by atoms with Gasteiger partial charge in [0.15, 0.2) is 4.77 Å². The van der Waals surface area contributed by atoms with Crippen molar-refractivity contribution in [3.05, 3.63) is 45.5 Å². The summed E-state index contributed by atoms with van der Waals surface area (Å²) >= 11 is 5.01. The maximum absolute atomic E-state index is 11.6. The van der Waals surface area contributed by atoms with E-state index in [-0.39, 0.29) is 11.7 Å². The van der Waals surface area contributed by atoms with Crippen LogP contribution in [0, 0.1) is 4.77 Å². The van der Waals surface area contributed by atoms with E-state index in [0.717, 1.165) is 25.0 Å². The van der Waals surface area contributed by atoms with E-state index in [1.54, 1.807) is 0 Å². The van der Waals surface area contributed by atoms with Crippen molar-refractivity contribution in [1.29, 1.82) is 0 Å². The van der Waals surface area contributed by atoms with E-state index in [9.17, 15) is 4.79 Å².